The van der Waals surface area contributed by atoms with Gasteiger partial charge in [-0.2, -0.15) is 0 Å². The molecule has 2 fully saturated rings. The van der Waals surface area contributed by atoms with E-state index in [1.54, 1.807) is 12.4 Å². The van der Waals surface area contributed by atoms with Gasteiger partial charge < -0.3 is 14.9 Å². The summed E-state index contributed by atoms with van der Waals surface area (Å²) in [6.07, 6.45) is 6.22. The maximum atomic E-state index is 13.0. The second kappa shape index (κ2) is 8.93. The molecule has 0 spiro atoms. The quantitative estimate of drug-likeness (QED) is 0.856. The van der Waals surface area contributed by atoms with E-state index in [9.17, 15) is 9.90 Å². The molecule has 1 aromatic heterocycles. The molecular weight excluding hydrogens is 328 g/mol. The standard InChI is InChI=1S/C20H32N4O2/c1-16-5-7-21-14-18(16)20(26)24-8-6-19(17(15-24)4-3-13-25)23-11-9-22(2)10-12-23/h5,7,14,17,19,25H,3-4,6,8-13,15H2,1-2H3. The molecule has 0 aliphatic carbocycles. The Balaban J connectivity index is 1.69. The van der Waals surface area contributed by atoms with Gasteiger partial charge >= 0.3 is 0 Å². The Morgan fingerprint density at radius 3 is 2.73 bits per heavy atom. The molecule has 144 valence electrons. The minimum absolute atomic E-state index is 0.0985. The zero-order valence-electron chi connectivity index (χ0n) is 16.1. The molecule has 0 bridgehead atoms. The molecule has 2 saturated heterocycles. The Kier molecular flexibility index (Phi) is 6.62. The van der Waals surface area contributed by atoms with Gasteiger partial charge in [0.15, 0.2) is 0 Å². The lowest BCUT2D eigenvalue weighted by Crippen LogP contribution is -2.57. The van der Waals surface area contributed by atoms with Crippen LogP contribution in [0, 0.1) is 12.8 Å². The van der Waals surface area contributed by atoms with Crippen LogP contribution in [0.2, 0.25) is 0 Å². The molecule has 1 aromatic rings. The van der Waals surface area contributed by atoms with E-state index >= 15 is 0 Å². The van der Waals surface area contributed by atoms with Crippen molar-refractivity contribution in [2.24, 2.45) is 5.92 Å². The third-order valence-corrected chi connectivity index (χ3v) is 5.99. The number of aromatic nitrogens is 1. The van der Waals surface area contributed by atoms with Crippen molar-refractivity contribution in [3.8, 4) is 0 Å². The van der Waals surface area contributed by atoms with Crippen LogP contribution < -0.4 is 0 Å². The molecule has 1 N–H and O–H groups in total. The summed E-state index contributed by atoms with van der Waals surface area (Å²) >= 11 is 0. The van der Waals surface area contributed by atoms with Crippen LogP contribution in [-0.4, -0.2) is 89.7 Å². The zero-order valence-corrected chi connectivity index (χ0v) is 16.1. The van der Waals surface area contributed by atoms with E-state index in [4.69, 9.17) is 0 Å². The number of pyridine rings is 1. The number of nitrogens with zero attached hydrogens (tertiary/aromatic N) is 4. The number of hydrogen-bond acceptors (Lipinski definition) is 5. The first-order valence-corrected chi connectivity index (χ1v) is 9.83. The maximum Gasteiger partial charge on any atom is 0.255 e. The van der Waals surface area contributed by atoms with Gasteiger partial charge in [-0.25, -0.2) is 0 Å². The number of aryl methyl sites for hydroxylation is 1. The molecule has 0 radical (unpaired) electrons. The van der Waals surface area contributed by atoms with E-state index < -0.39 is 0 Å². The summed E-state index contributed by atoms with van der Waals surface area (Å²) in [5, 5.41) is 9.31. The van der Waals surface area contributed by atoms with Crippen LogP contribution in [0.15, 0.2) is 18.5 Å². The van der Waals surface area contributed by atoms with Crippen molar-refractivity contribution >= 4 is 5.91 Å². The fourth-order valence-corrected chi connectivity index (χ4v) is 4.33. The fraction of sp³-hybridized carbons (Fsp3) is 0.700. The maximum absolute atomic E-state index is 13.0. The van der Waals surface area contributed by atoms with E-state index in [1.807, 2.05) is 17.9 Å². The molecule has 3 heterocycles. The first kappa shape index (κ1) is 19.3. The molecule has 1 amide bonds. The molecular formula is C20H32N4O2. The van der Waals surface area contributed by atoms with Gasteiger partial charge in [0.1, 0.15) is 0 Å². The second-order valence-corrected chi connectivity index (χ2v) is 7.76. The normalized spacial score (nSPS) is 25.4. The lowest BCUT2D eigenvalue weighted by molar-refractivity contribution is 0.0217. The summed E-state index contributed by atoms with van der Waals surface area (Å²) in [5.74, 6) is 0.529. The Morgan fingerprint density at radius 1 is 1.27 bits per heavy atom. The van der Waals surface area contributed by atoms with Gasteiger partial charge in [0.2, 0.25) is 0 Å². The molecule has 2 aliphatic rings. The van der Waals surface area contributed by atoms with Crippen molar-refractivity contribution in [3.63, 3.8) is 0 Å². The summed E-state index contributed by atoms with van der Waals surface area (Å²) in [4.78, 5) is 24.1. The Morgan fingerprint density at radius 2 is 2.04 bits per heavy atom. The number of piperidine rings is 1. The van der Waals surface area contributed by atoms with Crippen LogP contribution in [0.4, 0.5) is 0 Å². The minimum atomic E-state index is 0.0985. The first-order chi connectivity index (χ1) is 12.6. The zero-order chi connectivity index (χ0) is 18.5. The number of likely N-dealkylation sites (tertiary alicyclic amines) is 1. The molecule has 26 heavy (non-hydrogen) atoms. The minimum Gasteiger partial charge on any atom is -0.396 e. The number of amides is 1. The molecule has 3 rings (SSSR count). The van der Waals surface area contributed by atoms with Crippen LogP contribution in [0.5, 0.6) is 0 Å². The van der Waals surface area contributed by atoms with Crippen LogP contribution in [-0.2, 0) is 0 Å². The Labute approximate surface area is 156 Å². The average Bonchev–Trinajstić information content (AvgIpc) is 2.67. The van der Waals surface area contributed by atoms with Crippen LogP contribution >= 0.6 is 0 Å². The van der Waals surface area contributed by atoms with Crippen molar-refractivity contribution in [2.75, 3.05) is 52.9 Å². The third-order valence-electron chi connectivity index (χ3n) is 5.99. The van der Waals surface area contributed by atoms with Crippen molar-refractivity contribution in [1.82, 2.24) is 19.7 Å². The van der Waals surface area contributed by atoms with E-state index in [0.29, 0.717) is 17.5 Å². The smallest absolute Gasteiger partial charge is 0.255 e. The lowest BCUT2D eigenvalue weighted by atomic mass is 9.86. The van der Waals surface area contributed by atoms with Crippen molar-refractivity contribution < 1.29 is 9.90 Å². The van der Waals surface area contributed by atoms with Gasteiger partial charge in [0, 0.05) is 64.3 Å². The highest BCUT2D eigenvalue weighted by atomic mass is 16.3. The van der Waals surface area contributed by atoms with Crippen molar-refractivity contribution in [1.29, 1.82) is 0 Å². The predicted octanol–water partition coefficient (Wildman–Crippen LogP) is 1.24. The SMILES string of the molecule is Cc1ccncc1C(=O)N1CCC(N2CCN(C)CC2)C(CCCO)C1. The molecule has 2 atom stereocenters. The number of carbonyl (C=O) groups is 1. The Bertz CT molecular complexity index is 601. The fourth-order valence-electron chi connectivity index (χ4n) is 4.33. The molecule has 0 aromatic carbocycles. The summed E-state index contributed by atoms with van der Waals surface area (Å²) in [7, 11) is 2.18. The predicted molar refractivity (Wildman–Crippen MR) is 102 cm³/mol. The number of likely N-dealkylation sites (N-methyl/N-ethyl adjacent to an activating group) is 1. The third kappa shape index (κ3) is 4.42. The topological polar surface area (TPSA) is 59.9 Å². The molecule has 2 aliphatic heterocycles. The summed E-state index contributed by atoms with van der Waals surface area (Å²) in [6, 6.07) is 2.42. The van der Waals surface area contributed by atoms with Crippen LogP contribution in [0.1, 0.15) is 35.2 Å². The van der Waals surface area contributed by atoms with Gasteiger partial charge in [-0.3, -0.25) is 14.7 Å². The summed E-state index contributed by atoms with van der Waals surface area (Å²) < 4.78 is 0. The highest BCUT2D eigenvalue weighted by Crippen LogP contribution is 2.28. The van der Waals surface area contributed by atoms with Crippen molar-refractivity contribution in [3.05, 3.63) is 29.6 Å². The van der Waals surface area contributed by atoms with Gasteiger partial charge in [-0.15, -0.1) is 0 Å². The highest BCUT2D eigenvalue weighted by molar-refractivity contribution is 5.95. The molecule has 6 heteroatoms. The number of aliphatic hydroxyl groups is 1. The molecule has 0 saturated carbocycles. The monoisotopic (exact) mass is 360 g/mol. The molecule has 2 unspecified atom stereocenters. The van der Waals surface area contributed by atoms with Gasteiger partial charge in [0.05, 0.1) is 5.56 Å². The largest absolute Gasteiger partial charge is 0.396 e. The number of carbonyl (C=O) groups excluding carboxylic acids is 1. The second-order valence-electron chi connectivity index (χ2n) is 7.76. The molecule has 6 nitrogen and oxygen atoms in total. The van der Waals surface area contributed by atoms with Crippen LogP contribution in [0.25, 0.3) is 0 Å². The van der Waals surface area contributed by atoms with E-state index in [2.05, 4.69) is 21.8 Å². The first-order valence-electron chi connectivity index (χ1n) is 9.83. The summed E-state index contributed by atoms with van der Waals surface area (Å²) in [5.41, 5.74) is 1.70. The highest BCUT2D eigenvalue weighted by Gasteiger charge is 2.35. The summed E-state index contributed by atoms with van der Waals surface area (Å²) in [6.45, 7) is 8.21. The van der Waals surface area contributed by atoms with Crippen molar-refractivity contribution in [2.45, 2.75) is 32.2 Å². The van der Waals surface area contributed by atoms with Gasteiger partial charge in [0.25, 0.3) is 5.91 Å². The number of rotatable bonds is 5. The Hall–Kier alpha value is -1.50. The van der Waals surface area contributed by atoms with Gasteiger partial charge in [-0.05, 0) is 50.8 Å². The van der Waals surface area contributed by atoms with E-state index in [0.717, 1.165) is 64.1 Å². The van der Waals surface area contributed by atoms with E-state index in [1.165, 1.54) is 0 Å². The lowest BCUT2D eigenvalue weighted by Gasteiger charge is -2.46. The van der Waals surface area contributed by atoms with E-state index in [-0.39, 0.29) is 12.5 Å². The number of hydrogen-bond donors (Lipinski definition) is 1. The van der Waals surface area contributed by atoms with Crippen LogP contribution in [0.3, 0.4) is 0 Å². The average molecular weight is 361 g/mol. The number of aliphatic hydroxyl groups excluding tert-OH is 1. The van der Waals surface area contributed by atoms with Gasteiger partial charge in [-0.1, -0.05) is 0 Å². The number of piperazine rings is 1.